The molecule has 6 aromatic rings. The number of urea groups is 2. The standard InChI is InChI=1S/C53H50N10O16S3/c1-26-17-28(3)49(61-53(67)57-34-13-10-14-35(20-34)62-76-25-64)30(5)47(26)58-39-23-42-37(21-40(39)63-82(73,74)75)46(36-15-7-8-16-44(36)80(68,69)70)38-22-45(81(71,72)79-55)41(24-43(38)77-42)59-48-27(2)18-29(4)50(31(48)6)60-52(66)56-33-12-9-11-32(19-33)51(65)78-54/h7-25,58,62-63H,54-55H2,1-6H3,(H2,56,60,66)(H2,57,61,67)(H,68,69,70)(H,73,74,75)/p+1. The molecule has 8 rings (SSSR count). The Morgan fingerprint density at radius 3 is 1.87 bits per heavy atom. The lowest BCUT2D eigenvalue weighted by molar-refractivity contribution is -0.406. The van der Waals surface area contributed by atoms with Gasteiger partial charge in [-0.1, -0.05) is 36.4 Å². The van der Waals surface area contributed by atoms with Crippen LogP contribution in [0.2, 0.25) is 0 Å². The molecule has 426 valence electrons. The number of anilines is 8. The van der Waals surface area contributed by atoms with Gasteiger partial charge in [0.25, 0.3) is 10.1 Å². The highest BCUT2D eigenvalue weighted by Gasteiger charge is 2.31. The van der Waals surface area contributed by atoms with E-state index in [-0.39, 0.29) is 79.2 Å². The van der Waals surface area contributed by atoms with Crippen LogP contribution in [0.15, 0.2) is 123 Å². The second-order valence-electron chi connectivity index (χ2n) is 18.4. The molecule has 1 aliphatic carbocycles. The Hall–Kier alpha value is -9.46. The highest BCUT2D eigenvalue weighted by atomic mass is 32.2. The minimum Gasteiger partial charge on any atom is -0.456 e. The van der Waals surface area contributed by atoms with Crippen LogP contribution in [-0.4, -0.2) is 58.9 Å². The van der Waals surface area contributed by atoms with E-state index >= 15 is 0 Å². The SMILES string of the molecule is Cc1cc(C)c(Nc2cc3oc4cc(=[NH+]c5c(C)cc(C)c(NC(=O)Nc6cccc(C(=O)ON)c6)c5C)c(S(=O)(=O)ON)cc-4c(-c4ccccc4S(=O)(=O)O)c3cc2NS(=O)(=O)O)c(C)c1NC(=O)Nc1cccc(NOC=O)c1. The summed E-state index contributed by atoms with van der Waals surface area (Å²) in [5, 5.41) is 13.8. The fourth-order valence-corrected chi connectivity index (χ4v) is 11.2. The molecule has 0 radical (unpaired) electrons. The van der Waals surface area contributed by atoms with Gasteiger partial charge in [0.1, 0.15) is 16.2 Å². The van der Waals surface area contributed by atoms with Crippen molar-refractivity contribution in [2.75, 3.05) is 36.8 Å². The van der Waals surface area contributed by atoms with E-state index in [1.807, 2.05) is 0 Å². The van der Waals surface area contributed by atoms with E-state index in [9.17, 15) is 53.5 Å². The molecule has 2 aliphatic rings. The second-order valence-corrected chi connectivity index (χ2v) is 22.5. The molecule has 0 spiro atoms. The zero-order valence-electron chi connectivity index (χ0n) is 44.0. The Morgan fingerprint density at radius 1 is 0.622 bits per heavy atom. The number of nitrogens with one attached hydrogen (secondary N) is 8. The summed E-state index contributed by atoms with van der Waals surface area (Å²) in [7, 11) is -15.2. The lowest BCUT2D eigenvalue weighted by atomic mass is 9.93. The van der Waals surface area contributed by atoms with Crippen molar-refractivity contribution in [2.45, 2.75) is 51.3 Å². The molecule has 0 aromatic heterocycles. The van der Waals surface area contributed by atoms with Crippen molar-refractivity contribution in [2.24, 2.45) is 11.8 Å². The van der Waals surface area contributed by atoms with Crippen LogP contribution < -0.4 is 58.9 Å². The van der Waals surface area contributed by atoms with Crippen molar-refractivity contribution < 1.29 is 76.9 Å². The van der Waals surface area contributed by atoms with Crippen LogP contribution in [0.4, 0.5) is 60.8 Å². The van der Waals surface area contributed by atoms with Crippen molar-refractivity contribution in [3.05, 3.63) is 153 Å². The van der Waals surface area contributed by atoms with Gasteiger partial charge in [-0.3, -0.25) is 18.6 Å². The van der Waals surface area contributed by atoms with Crippen molar-refractivity contribution in [3.63, 3.8) is 0 Å². The van der Waals surface area contributed by atoms with Crippen LogP contribution in [-0.2, 0) is 49.3 Å². The number of benzene rings is 7. The first-order valence-corrected chi connectivity index (χ1v) is 28.2. The second kappa shape index (κ2) is 23.3. The maximum Gasteiger partial charge on any atom is 0.357 e. The number of carbonyl (C=O) groups excluding carboxylic acids is 4. The number of amides is 4. The third-order valence-corrected chi connectivity index (χ3v) is 15.3. The van der Waals surface area contributed by atoms with Crippen LogP contribution in [0.5, 0.6) is 0 Å². The molecule has 82 heavy (non-hydrogen) atoms. The van der Waals surface area contributed by atoms with E-state index in [1.165, 1.54) is 66.7 Å². The molecule has 29 heteroatoms. The highest BCUT2D eigenvalue weighted by molar-refractivity contribution is 7.87. The summed E-state index contributed by atoms with van der Waals surface area (Å²) < 4.78 is 114. The highest BCUT2D eigenvalue weighted by Crippen LogP contribution is 2.46. The van der Waals surface area contributed by atoms with Crippen molar-refractivity contribution in [1.82, 2.24) is 0 Å². The molecular formula is C53H51N10O16S3+. The average molecular weight is 1180 g/mol. The van der Waals surface area contributed by atoms with Crippen LogP contribution >= 0.6 is 0 Å². The summed E-state index contributed by atoms with van der Waals surface area (Å²) >= 11 is 0. The lowest BCUT2D eigenvalue weighted by Crippen LogP contribution is -2.72. The summed E-state index contributed by atoms with van der Waals surface area (Å²) in [5.41, 5.74) is 6.64. The van der Waals surface area contributed by atoms with Gasteiger partial charge < -0.3 is 40.7 Å². The van der Waals surface area contributed by atoms with E-state index < -0.39 is 58.4 Å². The quantitative estimate of drug-likeness (QED) is 0.0189. The van der Waals surface area contributed by atoms with Gasteiger partial charge in [0, 0.05) is 56.3 Å². The molecular weight excluding hydrogens is 1130 g/mol. The summed E-state index contributed by atoms with van der Waals surface area (Å²) in [5.74, 6) is 9.46. The average Bonchev–Trinajstić information content (AvgIpc) is 3.60. The van der Waals surface area contributed by atoms with Gasteiger partial charge in [-0.25, -0.2) is 24.9 Å². The Bertz CT molecular complexity index is 4340. The monoisotopic (exact) mass is 1180 g/mol. The fraction of sp³-hybridized carbons (Fsp3) is 0.113. The molecule has 14 N–H and O–H groups in total. The topological polar surface area (TPSA) is 402 Å². The van der Waals surface area contributed by atoms with Crippen molar-refractivity contribution >= 4 is 117 Å². The molecule has 26 nitrogen and oxygen atoms in total. The predicted octanol–water partition coefficient (Wildman–Crippen LogP) is 6.97. The van der Waals surface area contributed by atoms with Crippen LogP contribution in [0.1, 0.15) is 43.7 Å². The molecule has 6 aromatic carbocycles. The van der Waals surface area contributed by atoms with Crippen molar-refractivity contribution in [1.29, 1.82) is 0 Å². The van der Waals surface area contributed by atoms with Gasteiger partial charge in [-0.15, -0.1) is 0 Å². The first kappa shape index (κ1) is 58.7. The maximum atomic E-state index is 14.0. The number of hydrogen-bond acceptors (Lipinski definition) is 18. The van der Waals surface area contributed by atoms with Crippen LogP contribution in [0.3, 0.4) is 0 Å². The number of rotatable bonds is 17. The molecule has 1 heterocycles. The molecule has 1 aliphatic heterocycles. The van der Waals surface area contributed by atoms with E-state index in [1.54, 1.807) is 71.9 Å². The molecule has 0 atom stereocenters. The molecule has 4 amide bonds. The first-order chi connectivity index (χ1) is 38.7. The molecule has 0 saturated carbocycles. The maximum absolute atomic E-state index is 14.0. The molecule has 0 fully saturated rings. The molecule has 0 unspecified atom stereocenters. The Labute approximate surface area is 467 Å². The Balaban J connectivity index is 1.33. The number of carbonyl (C=O) groups is 4. The third kappa shape index (κ3) is 12.8. The normalized spacial score (nSPS) is 11.9. The van der Waals surface area contributed by atoms with Gasteiger partial charge in [-0.2, -0.15) is 41.3 Å². The fourth-order valence-electron chi connectivity index (χ4n) is 9.34. The van der Waals surface area contributed by atoms with E-state index in [0.29, 0.717) is 56.1 Å². The smallest absolute Gasteiger partial charge is 0.357 e. The van der Waals surface area contributed by atoms with Gasteiger partial charge in [0.2, 0.25) is 11.0 Å². The minimum atomic E-state index is -5.12. The number of hydrogen-bond donors (Lipinski definition) is 12. The van der Waals surface area contributed by atoms with Gasteiger partial charge in [0.15, 0.2) is 4.90 Å². The summed E-state index contributed by atoms with van der Waals surface area (Å²) in [6, 6.07) is 24.0. The number of aryl methyl sites for hydroxylation is 4. The third-order valence-electron chi connectivity index (χ3n) is 12.8. The molecule has 0 bridgehead atoms. The van der Waals surface area contributed by atoms with Gasteiger partial charge in [0.05, 0.1) is 40.1 Å². The predicted molar refractivity (Wildman–Crippen MR) is 303 cm³/mol. The Morgan fingerprint density at radius 2 is 1.23 bits per heavy atom. The lowest BCUT2D eigenvalue weighted by Gasteiger charge is -2.22. The van der Waals surface area contributed by atoms with Gasteiger partial charge >= 0.3 is 44.9 Å². The minimum absolute atomic E-state index is 0.0606. The number of nitrogens with two attached hydrogens (primary N) is 2. The molecule has 0 saturated heterocycles. The summed E-state index contributed by atoms with van der Waals surface area (Å²) in [6.07, 6.45) is 0. The van der Waals surface area contributed by atoms with Crippen LogP contribution in [0, 0.1) is 41.5 Å². The largest absolute Gasteiger partial charge is 0.456 e. The first-order valence-electron chi connectivity index (χ1n) is 24.0. The van der Waals surface area contributed by atoms with Gasteiger partial charge in [-0.05, 0) is 124 Å². The summed E-state index contributed by atoms with van der Waals surface area (Å²) in [4.78, 5) is 60.4. The van der Waals surface area contributed by atoms with E-state index in [2.05, 4.69) is 55.7 Å². The van der Waals surface area contributed by atoms with Crippen molar-refractivity contribution in [3.8, 4) is 22.5 Å². The summed E-state index contributed by atoms with van der Waals surface area (Å²) in [6.45, 7) is 10.4. The zero-order valence-corrected chi connectivity index (χ0v) is 46.4. The number of fused-ring (bicyclic) bond motifs is 2. The van der Waals surface area contributed by atoms with E-state index in [0.717, 1.165) is 12.1 Å². The zero-order chi connectivity index (χ0) is 59.6. The van der Waals surface area contributed by atoms with Crippen LogP contribution in [0.25, 0.3) is 33.4 Å². The van der Waals surface area contributed by atoms with E-state index in [4.69, 9.17) is 16.2 Å². The Kier molecular flexibility index (Phi) is 16.7.